The number of likely N-dealkylation sites (N-methyl/N-ethyl adjacent to an activating group) is 1. The number of carbonyl (C=O) groups is 1. The second kappa shape index (κ2) is 8.11. The van der Waals surface area contributed by atoms with Crippen molar-refractivity contribution in [1.29, 1.82) is 0 Å². The van der Waals surface area contributed by atoms with Crippen molar-refractivity contribution in [1.82, 2.24) is 4.90 Å². The highest BCUT2D eigenvalue weighted by Gasteiger charge is 2.10. The summed E-state index contributed by atoms with van der Waals surface area (Å²) in [6.07, 6.45) is 0. The molecule has 1 N–H and O–H groups in total. The van der Waals surface area contributed by atoms with Gasteiger partial charge in [-0.1, -0.05) is 53.2 Å². The number of benzene rings is 2. The van der Waals surface area contributed by atoms with Crippen LogP contribution < -0.4 is 5.32 Å². The summed E-state index contributed by atoms with van der Waals surface area (Å²) < 4.78 is 1.05. The van der Waals surface area contributed by atoms with Gasteiger partial charge in [0.2, 0.25) is 5.91 Å². The number of hydrogen-bond donors (Lipinski definition) is 1. The van der Waals surface area contributed by atoms with E-state index in [1.54, 1.807) is 0 Å². The van der Waals surface area contributed by atoms with E-state index in [1.165, 1.54) is 5.56 Å². The second-order valence-corrected chi connectivity index (χ2v) is 6.16. The second-order valence-electron chi connectivity index (χ2n) is 5.30. The van der Waals surface area contributed by atoms with Gasteiger partial charge in [-0.3, -0.25) is 9.69 Å². The first-order chi connectivity index (χ1) is 10.6. The van der Waals surface area contributed by atoms with Crippen molar-refractivity contribution >= 4 is 27.5 Å². The zero-order valence-corrected chi connectivity index (χ0v) is 14.6. The summed E-state index contributed by atoms with van der Waals surface area (Å²) in [7, 11) is 0. The van der Waals surface area contributed by atoms with Gasteiger partial charge in [0.15, 0.2) is 0 Å². The Bertz CT molecular complexity index is 628. The van der Waals surface area contributed by atoms with Crippen molar-refractivity contribution in [3.63, 3.8) is 0 Å². The molecule has 0 radical (unpaired) electrons. The van der Waals surface area contributed by atoms with E-state index < -0.39 is 0 Å². The third kappa shape index (κ3) is 4.97. The minimum absolute atomic E-state index is 0.0134. The van der Waals surface area contributed by atoms with E-state index in [2.05, 4.69) is 45.2 Å². The molecule has 1 amide bonds. The normalized spacial score (nSPS) is 10.7. The van der Waals surface area contributed by atoms with Crippen LogP contribution in [0, 0.1) is 6.92 Å². The third-order valence-electron chi connectivity index (χ3n) is 3.51. The van der Waals surface area contributed by atoms with Crippen LogP contribution in [0.2, 0.25) is 0 Å². The standard InChI is InChI=1S/C18H21BrN2O/c1-3-21(12-15-7-5-4-6-8-15)13-18(22)20-16-9-10-17(19)14(2)11-16/h4-11H,3,12-13H2,1-2H3,(H,20,22). The smallest absolute Gasteiger partial charge is 0.238 e. The van der Waals surface area contributed by atoms with Crippen LogP contribution in [0.1, 0.15) is 18.1 Å². The van der Waals surface area contributed by atoms with Crippen LogP contribution in [-0.4, -0.2) is 23.9 Å². The number of amides is 1. The number of carbonyl (C=O) groups excluding carboxylic acids is 1. The molecule has 0 aromatic heterocycles. The summed E-state index contributed by atoms with van der Waals surface area (Å²) in [6, 6.07) is 16.0. The van der Waals surface area contributed by atoms with Gasteiger partial charge in [-0.15, -0.1) is 0 Å². The summed E-state index contributed by atoms with van der Waals surface area (Å²) >= 11 is 3.46. The van der Waals surface area contributed by atoms with Crippen molar-refractivity contribution in [3.8, 4) is 0 Å². The van der Waals surface area contributed by atoms with Crippen molar-refractivity contribution in [3.05, 3.63) is 64.1 Å². The van der Waals surface area contributed by atoms with Crippen LogP contribution in [0.5, 0.6) is 0 Å². The van der Waals surface area contributed by atoms with Crippen molar-refractivity contribution in [2.24, 2.45) is 0 Å². The molecule has 2 aromatic carbocycles. The summed E-state index contributed by atoms with van der Waals surface area (Å²) in [5, 5.41) is 2.96. The number of nitrogens with one attached hydrogen (secondary N) is 1. The van der Waals surface area contributed by atoms with E-state index >= 15 is 0 Å². The monoisotopic (exact) mass is 360 g/mol. The average Bonchev–Trinajstić information content (AvgIpc) is 2.51. The van der Waals surface area contributed by atoms with Gasteiger partial charge in [0, 0.05) is 16.7 Å². The Balaban J connectivity index is 1.93. The first kappa shape index (κ1) is 16.7. The van der Waals surface area contributed by atoms with E-state index in [9.17, 15) is 4.79 Å². The van der Waals surface area contributed by atoms with Gasteiger partial charge < -0.3 is 5.32 Å². The van der Waals surface area contributed by atoms with Crippen LogP contribution in [0.4, 0.5) is 5.69 Å². The molecule has 4 heteroatoms. The van der Waals surface area contributed by atoms with Gasteiger partial charge in [0.1, 0.15) is 0 Å². The zero-order valence-electron chi connectivity index (χ0n) is 13.0. The first-order valence-corrected chi connectivity index (χ1v) is 8.20. The molecular formula is C18H21BrN2O. The van der Waals surface area contributed by atoms with Gasteiger partial charge in [-0.25, -0.2) is 0 Å². The molecular weight excluding hydrogens is 340 g/mol. The van der Waals surface area contributed by atoms with E-state index in [0.717, 1.165) is 28.8 Å². The summed E-state index contributed by atoms with van der Waals surface area (Å²) in [5.74, 6) is 0.0134. The molecule has 0 saturated carbocycles. The maximum absolute atomic E-state index is 12.2. The Morgan fingerprint density at radius 3 is 2.55 bits per heavy atom. The fourth-order valence-electron chi connectivity index (χ4n) is 2.25. The Labute approximate surface area is 140 Å². The zero-order chi connectivity index (χ0) is 15.9. The minimum atomic E-state index is 0.0134. The molecule has 2 rings (SSSR count). The van der Waals surface area contributed by atoms with E-state index in [0.29, 0.717) is 6.54 Å². The molecule has 0 aliphatic heterocycles. The summed E-state index contributed by atoms with van der Waals surface area (Å²) in [6.45, 7) is 6.08. The molecule has 2 aromatic rings. The Hall–Kier alpha value is -1.65. The van der Waals surface area contributed by atoms with Gasteiger partial charge in [0.25, 0.3) is 0 Å². The molecule has 0 unspecified atom stereocenters. The highest BCUT2D eigenvalue weighted by Crippen LogP contribution is 2.20. The molecule has 0 aliphatic carbocycles. The van der Waals surface area contributed by atoms with Crippen LogP contribution in [-0.2, 0) is 11.3 Å². The number of halogens is 1. The lowest BCUT2D eigenvalue weighted by atomic mass is 10.2. The van der Waals surface area contributed by atoms with E-state index in [1.807, 2.05) is 43.3 Å². The first-order valence-electron chi connectivity index (χ1n) is 7.40. The lowest BCUT2D eigenvalue weighted by Crippen LogP contribution is -2.32. The highest BCUT2D eigenvalue weighted by molar-refractivity contribution is 9.10. The molecule has 0 bridgehead atoms. The van der Waals surface area contributed by atoms with Crippen LogP contribution >= 0.6 is 15.9 Å². The molecule has 3 nitrogen and oxygen atoms in total. The van der Waals surface area contributed by atoms with Crippen LogP contribution in [0.25, 0.3) is 0 Å². The SMILES string of the molecule is CCN(CC(=O)Nc1ccc(Br)c(C)c1)Cc1ccccc1. The van der Waals surface area contributed by atoms with Gasteiger partial charge in [0.05, 0.1) is 6.54 Å². The maximum atomic E-state index is 12.2. The molecule has 0 atom stereocenters. The lowest BCUT2D eigenvalue weighted by molar-refractivity contribution is -0.117. The van der Waals surface area contributed by atoms with Crippen LogP contribution in [0.3, 0.4) is 0 Å². The molecule has 0 fully saturated rings. The Kier molecular flexibility index (Phi) is 6.16. The minimum Gasteiger partial charge on any atom is -0.325 e. The third-order valence-corrected chi connectivity index (χ3v) is 4.39. The quantitative estimate of drug-likeness (QED) is 0.836. The van der Waals surface area contributed by atoms with Gasteiger partial charge in [-0.05, 0) is 42.8 Å². The molecule has 116 valence electrons. The van der Waals surface area contributed by atoms with Crippen molar-refractivity contribution in [2.45, 2.75) is 20.4 Å². The molecule has 0 heterocycles. The highest BCUT2D eigenvalue weighted by atomic mass is 79.9. The van der Waals surface area contributed by atoms with E-state index in [-0.39, 0.29) is 5.91 Å². The lowest BCUT2D eigenvalue weighted by Gasteiger charge is -2.20. The number of nitrogens with zero attached hydrogens (tertiary/aromatic N) is 1. The Morgan fingerprint density at radius 2 is 1.91 bits per heavy atom. The molecule has 0 spiro atoms. The summed E-state index contributed by atoms with van der Waals surface area (Å²) in [4.78, 5) is 14.3. The maximum Gasteiger partial charge on any atom is 0.238 e. The summed E-state index contributed by atoms with van der Waals surface area (Å²) in [5.41, 5.74) is 3.16. The average molecular weight is 361 g/mol. The van der Waals surface area contributed by atoms with Gasteiger partial charge in [-0.2, -0.15) is 0 Å². The molecule has 0 saturated heterocycles. The predicted octanol–water partition coefficient (Wildman–Crippen LogP) is 4.22. The molecule has 22 heavy (non-hydrogen) atoms. The van der Waals surface area contributed by atoms with Crippen molar-refractivity contribution in [2.75, 3.05) is 18.4 Å². The van der Waals surface area contributed by atoms with Gasteiger partial charge >= 0.3 is 0 Å². The predicted molar refractivity (Wildman–Crippen MR) is 94.9 cm³/mol. The van der Waals surface area contributed by atoms with E-state index in [4.69, 9.17) is 0 Å². The number of hydrogen-bond acceptors (Lipinski definition) is 2. The Morgan fingerprint density at radius 1 is 1.18 bits per heavy atom. The topological polar surface area (TPSA) is 32.3 Å². The number of aryl methyl sites for hydroxylation is 1. The van der Waals surface area contributed by atoms with Crippen LogP contribution in [0.15, 0.2) is 53.0 Å². The fourth-order valence-corrected chi connectivity index (χ4v) is 2.49. The van der Waals surface area contributed by atoms with Crippen molar-refractivity contribution < 1.29 is 4.79 Å². The molecule has 0 aliphatic rings. The number of rotatable bonds is 6. The largest absolute Gasteiger partial charge is 0.325 e. The fraction of sp³-hybridized carbons (Fsp3) is 0.278. The number of anilines is 1.